The maximum Gasteiger partial charge on any atom is 0.310 e. The molecule has 5 rings (SSSR count). The van der Waals surface area contributed by atoms with Crippen molar-refractivity contribution < 1.29 is 33.2 Å². The van der Waals surface area contributed by atoms with Crippen molar-refractivity contribution in [2.45, 2.75) is 5.92 Å². The minimum Gasteiger partial charge on any atom is -0.493 e. The van der Waals surface area contributed by atoms with Crippen molar-refractivity contribution in [1.29, 1.82) is 0 Å². The van der Waals surface area contributed by atoms with Crippen molar-refractivity contribution in [3.63, 3.8) is 0 Å². The summed E-state index contributed by atoms with van der Waals surface area (Å²) in [6, 6.07) is 7.66. The molecule has 3 aliphatic rings. The highest BCUT2D eigenvalue weighted by atomic mass is 16.7. The Morgan fingerprint density at radius 3 is 2.23 bits per heavy atom. The summed E-state index contributed by atoms with van der Waals surface area (Å²) in [5, 5.41) is 0. The van der Waals surface area contributed by atoms with Gasteiger partial charge in [0.25, 0.3) is 0 Å². The van der Waals surface area contributed by atoms with Crippen LogP contribution >= 0.6 is 0 Å². The van der Waals surface area contributed by atoms with E-state index in [1.54, 1.807) is 21.3 Å². The van der Waals surface area contributed by atoms with Crippen molar-refractivity contribution in [3.05, 3.63) is 47.5 Å². The second kappa shape index (κ2) is 6.86. The topological polar surface area (TPSA) is 72.5 Å². The lowest BCUT2D eigenvalue weighted by Crippen LogP contribution is -2.30. The smallest absolute Gasteiger partial charge is 0.310 e. The molecule has 1 fully saturated rings. The number of rotatable bonds is 4. The molecule has 3 atom stereocenters. The predicted molar refractivity (Wildman–Crippen MR) is 107 cm³/mol. The maximum atomic E-state index is 12.8. The van der Waals surface area contributed by atoms with Crippen molar-refractivity contribution in [2.75, 3.05) is 34.7 Å². The molecule has 0 N–H and O–H groups in total. The fraction of sp³-hybridized carbons (Fsp3) is 0.348. The molecule has 0 bridgehead atoms. The number of benzene rings is 2. The lowest BCUT2D eigenvalue weighted by Gasteiger charge is -2.35. The number of carbonyl (C=O) groups is 1. The molecule has 0 amide bonds. The summed E-state index contributed by atoms with van der Waals surface area (Å²) in [5.74, 6) is 1.87. The van der Waals surface area contributed by atoms with Crippen LogP contribution in [0.5, 0.6) is 28.7 Å². The van der Waals surface area contributed by atoms with Gasteiger partial charge in [0, 0.05) is 11.8 Å². The normalized spacial score (nSPS) is 23.5. The third-order valence-corrected chi connectivity index (χ3v) is 6.19. The van der Waals surface area contributed by atoms with Crippen LogP contribution in [-0.2, 0) is 9.53 Å². The predicted octanol–water partition coefficient (Wildman–Crippen LogP) is 3.39. The van der Waals surface area contributed by atoms with E-state index in [-0.39, 0.29) is 24.6 Å². The second-order valence-corrected chi connectivity index (χ2v) is 7.52. The van der Waals surface area contributed by atoms with E-state index in [0.717, 1.165) is 22.3 Å². The van der Waals surface area contributed by atoms with Crippen molar-refractivity contribution in [1.82, 2.24) is 0 Å². The Bertz CT molecular complexity index is 1030. The van der Waals surface area contributed by atoms with E-state index in [2.05, 4.69) is 6.58 Å². The van der Waals surface area contributed by atoms with Gasteiger partial charge >= 0.3 is 5.97 Å². The Balaban J connectivity index is 1.75. The molecule has 2 aromatic carbocycles. The first-order valence-electron chi connectivity index (χ1n) is 9.66. The van der Waals surface area contributed by atoms with Gasteiger partial charge in [0.05, 0.1) is 33.9 Å². The summed E-state index contributed by atoms with van der Waals surface area (Å²) < 4.78 is 33.2. The van der Waals surface area contributed by atoms with E-state index in [1.807, 2.05) is 24.3 Å². The van der Waals surface area contributed by atoms with Gasteiger partial charge in [0.1, 0.15) is 0 Å². The van der Waals surface area contributed by atoms with E-state index >= 15 is 0 Å². The molecule has 0 unspecified atom stereocenters. The van der Waals surface area contributed by atoms with Crippen molar-refractivity contribution >= 4 is 11.5 Å². The van der Waals surface area contributed by atoms with Gasteiger partial charge in [0.2, 0.25) is 12.5 Å². The summed E-state index contributed by atoms with van der Waals surface area (Å²) in [6.07, 6.45) is 0. The zero-order valence-corrected chi connectivity index (χ0v) is 17.0. The average Bonchev–Trinajstić information content (AvgIpc) is 3.38. The number of fused-ring (bicyclic) bond motifs is 3. The molecule has 1 saturated heterocycles. The quantitative estimate of drug-likeness (QED) is 0.716. The first kappa shape index (κ1) is 18.7. The molecule has 7 nitrogen and oxygen atoms in total. The standard InChI is InChI=1S/C23H22O7/c1-11-13-7-16-17(30-10-29-16)8-14(13)20(21-15(11)9-28-23(21)24)12-5-18(25-2)22(27-4)19(6-12)26-3/h5-8,15,20-21H,1,9-10H2,2-4H3/t15-,20-,21+/m1/s1. The Hall–Kier alpha value is -3.35. The second-order valence-electron chi connectivity index (χ2n) is 7.52. The number of hydrogen-bond acceptors (Lipinski definition) is 7. The van der Waals surface area contributed by atoms with Gasteiger partial charge in [-0.05, 0) is 46.5 Å². The minimum absolute atomic E-state index is 0.116. The number of methoxy groups -OCH3 is 3. The third-order valence-electron chi connectivity index (χ3n) is 6.19. The lowest BCUT2D eigenvalue weighted by molar-refractivity contribution is -0.141. The Labute approximate surface area is 174 Å². The van der Waals surface area contributed by atoms with Gasteiger partial charge in [-0.2, -0.15) is 0 Å². The van der Waals surface area contributed by atoms with Gasteiger partial charge in [-0.3, -0.25) is 4.79 Å². The highest BCUT2D eigenvalue weighted by Crippen LogP contribution is 2.55. The van der Waals surface area contributed by atoms with Gasteiger partial charge in [0.15, 0.2) is 23.0 Å². The molecule has 0 aromatic heterocycles. The van der Waals surface area contributed by atoms with E-state index in [4.69, 9.17) is 28.4 Å². The summed E-state index contributed by atoms with van der Waals surface area (Å²) in [6.45, 7) is 4.77. The summed E-state index contributed by atoms with van der Waals surface area (Å²) in [7, 11) is 4.70. The molecule has 0 saturated carbocycles. The zero-order chi connectivity index (χ0) is 21.0. The Morgan fingerprint density at radius 2 is 1.60 bits per heavy atom. The molecule has 156 valence electrons. The van der Waals surface area contributed by atoms with Gasteiger partial charge < -0.3 is 28.4 Å². The van der Waals surface area contributed by atoms with Crippen LogP contribution in [0.25, 0.3) is 5.57 Å². The van der Waals surface area contributed by atoms with Crippen LogP contribution in [0.4, 0.5) is 0 Å². The highest BCUT2D eigenvalue weighted by molar-refractivity contribution is 5.87. The number of esters is 1. The molecule has 2 aliphatic heterocycles. The van der Waals surface area contributed by atoms with Crippen LogP contribution in [0, 0.1) is 11.8 Å². The van der Waals surface area contributed by atoms with Gasteiger partial charge in [-0.1, -0.05) is 6.58 Å². The van der Waals surface area contributed by atoms with E-state index in [9.17, 15) is 4.79 Å². The highest BCUT2D eigenvalue weighted by Gasteiger charge is 2.50. The van der Waals surface area contributed by atoms with Crippen LogP contribution in [-0.4, -0.2) is 40.7 Å². The summed E-state index contributed by atoms with van der Waals surface area (Å²) in [5.41, 5.74) is 3.64. The Kier molecular flexibility index (Phi) is 4.27. The van der Waals surface area contributed by atoms with E-state index in [1.165, 1.54) is 0 Å². The molecule has 0 spiro atoms. The summed E-state index contributed by atoms with van der Waals surface area (Å²) >= 11 is 0. The van der Waals surface area contributed by atoms with E-state index < -0.39 is 5.92 Å². The number of carbonyl (C=O) groups excluding carboxylic acids is 1. The molecule has 30 heavy (non-hydrogen) atoms. The molecule has 1 aliphatic carbocycles. The maximum absolute atomic E-state index is 12.8. The molecule has 2 heterocycles. The van der Waals surface area contributed by atoms with E-state index in [0.29, 0.717) is 35.4 Å². The molecule has 2 aromatic rings. The summed E-state index contributed by atoms with van der Waals surface area (Å²) in [4.78, 5) is 12.8. The zero-order valence-electron chi connectivity index (χ0n) is 17.0. The van der Waals surface area contributed by atoms with Crippen LogP contribution in [0.3, 0.4) is 0 Å². The third kappa shape index (κ3) is 2.54. The van der Waals surface area contributed by atoms with Crippen LogP contribution in [0.1, 0.15) is 22.6 Å². The van der Waals surface area contributed by atoms with Crippen LogP contribution in [0.15, 0.2) is 30.8 Å². The Morgan fingerprint density at radius 1 is 0.933 bits per heavy atom. The van der Waals surface area contributed by atoms with Crippen LogP contribution in [0.2, 0.25) is 0 Å². The first-order chi connectivity index (χ1) is 14.6. The van der Waals surface area contributed by atoms with Crippen molar-refractivity contribution in [3.8, 4) is 28.7 Å². The fourth-order valence-corrected chi connectivity index (χ4v) is 4.78. The minimum atomic E-state index is -0.395. The number of ether oxygens (including phenoxy) is 6. The first-order valence-corrected chi connectivity index (χ1v) is 9.66. The largest absolute Gasteiger partial charge is 0.493 e. The monoisotopic (exact) mass is 410 g/mol. The fourth-order valence-electron chi connectivity index (χ4n) is 4.78. The molecular weight excluding hydrogens is 388 g/mol. The SMILES string of the molecule is C=C1c2cc3c(cc2[C@@H](c2cc(OC)c(OC)c(OC)c2)[C@H]2C(=O)OC[C@H]12)OCO3. The van der Waals surface area contributed by atoms with Crippen molar-refractivity contribution in [2.24, 2.45) is 11.8 Å². The van der Waals surface area contributed by atoms with Crippen LogP contribution < -0.4 is 23.7 Å². The van der Waals surface area contributed by atoms with Gasteiger partial charge in [-0.15, -0.1) is 0 Å². The molecule has 0 radical (unpaired) electrons. The number of hydrogen-bond donors (Lipinski definition) is 0. The number of cyclic esters (lactones) is 1. The lowest BCUT2D eigenvalue weighted by atomic mass is 9.65. The molecular formula is C23H22O7. The average molecular weight is 410 g/mol. The molecule has 7 heteroatoms. The van der Waals surface area contributed by atoms with Gasteiger partial charge in [-0.25, -0.2) is 0 Å².